The van der Waals surface area contributed by atoms with E-state index in [4.69, 9.17) is 11.0 Å². The molecular weight excluding hydrogens is 433 g/mol. The number of hydrogen-bond donors (Lipinski definition) is 2. The highest BCUT2D eigenvalue weighted by Crippen LogP contribution is 2.24. The zero-order valence-corrected chi connectivity index (χ0v) is 13.9. The SMILES string of the molecule is N#Cc1ccc(NC(=O)c2cc(I)ccc2Br)c(N)c1. The number of nitrogens with zero attached hydrogens (tertiary/aromatic N) is 1. The Morgan fingerprint density at radius 2 is 2.05 bits per heavy atom. The summed E-state index contributed by atoms with van der Waals surface area (Å²) >= 11 is 5.49. The van der Waals surface area contributed by atoms with Crippen LogP contribution >= 0.6 is 38.5 Å². The highest BCUT2D eigenvalue weighted by atomic mass is 127. The number of benzene rings is 2. The van der Waals surface area contributed by atoms with Crippen LogP contribution in [0.5, 0.6) is 0 Å². The molecule has 0 aliphatic rings. The molecule has 2 aromatic carbocycles. The number of carbonyl (C=O) groups is 1. The van der Waals surface area contributed by atoms with E-state index in [0.29, 0.717) is 27.0 Å². The highest BCUT2D eigenvalue weighted by molar-refractivity contribution is 14.1. The van der Waals surface area contributed by atoms with Crippen LogP contribution in [0.15, 0.2) is 40.9 Å². The van der Waals surface area contributed by atoms with Gasteiger partial charge in [-0.05, 0) is 74.9 Å². The molecule has 0 bridgehead atoms. The van der Waals surface area contributed by atoms with Crippen LogP contribution in [0.2, 0.25) is 0 Å². The normalized spacial score (nSPS) is 9.85. The molecular formula is C14H9BrIN3O. The molecule has 2 rings (SSSR count). The molecule has 6 heteroatoms. The largest absolute Gasteiger partial charge is 0.397 e. The second kappa shape index (κ2) is 6.24. The molecule has 1 amide bonds. The predicted molar refractivity (Wildman–Crippen MR) is 90.4 cm³/mol. The Bertz CT molecular complexity index is 725. The van der Waals surface area contributed by atoms with Gasteiger partial charge in [-0.15, -0.1) is 0 Å². The van der Waals surface area contributed by atoms with Crippen LogP contribution in [0.3, 0.4) is 0 Å². The molecule has 0 aromatic heterocycles. The van der Waals surface area contributed by atoms with Gasteiger partial charge < -0.3 is 11.1 Å². The molecule has 4 nitrogen and oxygen atoms in total. The quantitative estimate of drug-likeness (QED) is 0.550. The van der Waals surface area contributed by atoms with Crippen LogP contribution in [0.4, 0.5) is 11.4 Å². The molecule has 0 heterocycles. The van der Waals surface area contributed by atoms with Gasteiger partial charge >= 0.3 is 0 Å². The second-order valence-corrected chi connectivity index (χ2v) is 6.09. The van der Waals surface area contributed by atoms with Gasteiger partial charge in [0.05, 0.1) is 28.6 Å². The van der Waals surface area contributed by atoms with Gasteiger partial charge in [0.1, 0.15) is 0 Å². The van der Waals surface area contributed by atoms with Crippen molar-refractivity contribution >= 4 is 55.8 Å². The average molecular weight is 442 g/mol. The molecule has 0 aliphatic heterocycles. The first-order valence-electron chi connectivity index (χ1n) is 5.57. The fourth-order valence-corrected chi connectivity index (χ4v) is 2.53. The summed E-state index contributed by atoms with van der Waals surface area (Å²) in [7, 11) is 0. The van der Waals surface area contributed by atoms with Crippen LogP contribution in [-0.2, 0) is 0 Å². The van der Waals surface area contributed by atoms with Crippen molar-refractivity contribution < 1.29 is 4.79 Å². The molecule has 3 N–H and O–H groups in total. The summed E-state index contributed by atoms with van der Waals surface area (Å²) in [6.07, 6.45) is 0. The zero-order valence-electron chi connectivity index (χ0n) is 10.2. The van der Waals surface area contributed by atoms with E-state index in [-0.39, 0.29) is 5.91 Å². The Morgan fingerprint density at radius 1 is 1.30 bits per heavy atom. The van der Waals surface area contributed by atoms with Crippen LogP contribution in [0.25, 0.3) is 0 Å². The first-order valence-corrected chi connectivity index (χ1v) is 7.44. The van der Waals surface area contributed by atoms with Crippen LogP contribution in [0, 0.1) is 14.9 Å². The van der Waals surface area contributed by atoms with Crippen LogP contribution in [-0.4, -0.2) is 5.91 Å². The van der Waals surface area contributed by atoms with Gasteiger partial charge in [-0.2, -0.15) is 5.26 Å². The zero-order chi connectivity index (χ0) is 14.7. The van der Waals surface area contributed by atoms with Crippen molar-refractivity contribution in [3.63, 3.8) is 0 Å². The Hall–Kier alpha value is -1.59. The first kappa shape index (κ1) is 14.8. The van der Waals surface area contributed by atoms with Gasteiger partial charge in [0.25, 0.3) is 5.91 Å². The summed E-state index contributed by atoms with van der Waals surface area (Å²) in [5.74, 6) is -0.258. The maximum Gasteiger partial charge on any atom is 0.256 e. The second-order valence-electron chi connectivity index (χ2n) is 3.99. The fourth-order valence-electron chi connectivity index (χ4n) is 1.61. The summed E-state index contributed by atoms with van der Waals surface area (Å²) in [4.78, 5) is 12.2. The number of carbonyl (C=O) groups excluding carboxylic acids is 1. The molecule has 0 spiro atoms. The van der Waals surface area contributed by atoms with Gasteiger partial charge in [-0.3, -0.25) is 4.79 Å². The van der Waals surface area contributed by atoms with E-state index in [1.807, 2.05) is 18.2 Å². The van der Waals surface area contributed by atoms with E-state index in [1.165, 1.54) is 6.07 Å². The van der Waals surface area contributed by atoms with Crippen molar-refractivity contribution in [2.24, 2.45) is 0 Å². The molecule has 100 valence electrons. The Labute approximate surface area is 138 Å². The molecule has 0 aliphatic carbocycles. The van der Waals surface area contributed by atoms with E-state index in [9.17, 15) is 4.79 Å². The minimum absolute atomic E-state index is 0.258. The summed E-state index contributed by atoms with van der Waals surface area (Å²) in [5.41, 5.74) is 7.64. The lowest BCUT2D eigenvalue weighted by Gasteiger charge is -2.10. The lowest BCUT2D eigenvalue weighted by Crippen LogP contribution is -2.14. The standard InChI is InChI=1S/C14H9BrIN3O/c15-11-3-2-9(16)6-10(11)14(20)19-13-4-1-8(7-17)5-12(13)18/h1-6H,18H2,(H,19,20). The smallest absolute Gasteiger partial charge is 0.256 e. The number of nitriles is 1. The van der Waals surface area contributed by atoms with E-state index >= 15 is 0 Å². The predicted octanol–water partition coefficient (Wildman–Crippen LogP) is 3.76. The van der Waals surface area contributed by atoms with E-state index in [0.717, 1.165) is 3.57 Å². The summed E-state index contributed by atoms with van der Waals surface area (Å²) in [6.45, 7) is 0. The molecule has 0 saturated carbocycles. The highest BCUT2D eigenvalue weighted by Gasteiger charge is 2.12. The van der Waals surface area contributed by atoms with Crippen LogP contribution in [0.1, 0.15) is 15.9 Å². The third-order valence-corrected chi connectivity index (χ3v) is 3.96. The number of amides is 1. The maximum atomic E-state index is 12.2. The third kappa shape index (κ3) is 3.29. The first-order chi connectivity index (χ1) is 9.51. The number of halogens is 2. The lowest BCUT2D eigenvalue weighted by atomic mass is 10.1. The van der Waals surface area contributed by atoms with Crippen molar-refractivity contribution in [2.75, 3.05) is 11.1 Å². The number of anilines is 2. The van der Waals surface area contributed by atoms with Crippen molar-refractivity contribution in [3.8, 4) is 6.07 Å². The van der Waals surface area contributed by atoms with Gasteiger partial charge in [-0.25, -0.2) is 0 Å². The van der Waals surface area contributed by atoms with E-state index in [1.54, 1.807) is 18.2 Å². The van der Waals surface area contributed by atoms with E-state index < -0.39 is 0 Å². The number of rotatable bonds is 2. The number of hydrogen-bond acceptors (Lipinski definition) is 3. The van der Waals surface area contributed by atoms with Crippen molar-refractivity contribution in [3.05, 3.63) is 55.6 Å². The molecule has 0 fully saturated rings. The van der Waals surface area contributed by atoms with Gasteiger partial charge in [0, 0.05) is 8.04 Å². The monoisotopic (exact) mass is 441 g/mol. The molecule has 2 aromatic rings. The molecule has 0 unspecified atom stereocenters. The third-order valence-electron chi connectivity index (χ3n) is 2.60. The van der Waals surface area contributed by atoms with Gasteiger partial charge in [-0.1, -0.05) is 0 Å². The Balaban J connectivity index is 2.28. The number of nitrogens with two attached hydrogens (primary N) is 1. The molecule has 20 heavy (non-hydrogen) atoms. The molecule has 0 radical (unpaired) electrons. The van der Waals surface area contributed by atoms with Crippen molar-refractivity contribution in [2.45, 2.75) is 0 Å². The van der Waals surface area contributed by atoms with Crippen molar-refractivity contribution in [1.29, 1.82) is 5.26 Å². The van der Waals surface area contributed by atoms with Gasteiger partial charge in [0.2, 0.25) is 0 Å². The minimum Gasteiger partial charge on any atom is -0.397 e. The van der Waals surface area contributed by atoms with Crippen molar-refractivity contribution in [1.82, 2.24) is 0 Å². The average Bonchev–Trinajstić information content (AvgIpc) is 2.43. The van der Waals surface area contributed by atoms with Gasteiger partial charge in [0.15, 0.2) is 0 Å². The Kier molecular flexibility index (Phi) is 4.62. The summed E-state index contributed by atoms with van der Waals surface area (Å²) in [5, 5.41) is 11.5. The minimum atomic E-state index is -0.258. The topological polar surface area (TPSA) is 78.9 Å². The molecule has 0 atom stereocenters. The number of nitrogens with one attached hydrogen (secondary N) is 1. The van der Waals surface area contributed by atoms with Crippen LogP contribution < -0.4 is 11.1 Å². The van der Waals surface area contributed by atoms with E-state index in [2.05, 4.69) is 43.8 Å². The Morgan fingerprint density at radius 3 is 2.70 bits per heavy atom. The molecule has 0 saturated heterocycles. The number of nitrogen functional groups attached to an aromatic ring is 1. The lowest BCUT2D eigenvalue weighted by molar-refractivity contribution is 0.102. The maximum absolute atomic E-state index is 12.2. The fraction of sp³-hybridized carbons (Fsp3) is 0. The summed E-state index contributed by atoms with van der Waals surface area (Å²) < 4.78 is 1.67. The summed E-state index contributed by atoms with van der Waals surface area (Å²) in [6, 6.07) is 12.2.